The SMILES string of the molecule is CCc1cc(NC(=O)c2ccc(Cl)c(Cl)c2)nn1-c1cccc(Cl)c1. The second-order valence-corrected chi connectivity index (χ2v) is 6.60. The van der Waals surface area contributed by atoms with E-state index in [4.69, 9.17) is 34.8 Å². The molecule has 25 heavy (non-hydrogen) atoms. The van der Waals surface area contributed by atoms with Crippen molar-refractivity contribution < 1.29 is 4.79 Å². The molecule has 0 aliphatic carbocycles. The first-order valence-electron chi connectivity index (χ1n) is 7.59. The molecule has 3 rings (SSSR count). The molecule has 0 saturated carbocycles. The van der Waals surface area contributed by atoms with Gasteiger partial charge in [0.15, 0.2) is 5.82 Å². The zero-order valence-corrected chi connectivity index (χ0v) is 15.5. The zero-order valence-electron chi connectivity index (χ0n) is 13.3. The van der Waals surface area contributed by atoms with Crippen molar-refractivity contribution >= 4 is 46.5 Å². The van der Waals surface area contributed by atoms with Crippen molar-refractivity contribution in [1.29, 1.82) is 0 Å². The van der Waals surface area contributed by atoms with E-state index in [1.54, 1.807) is 22.9 Å². The van der Waals surface area contributed by atoms with Crippen LogP contribution in [0.5, 0.6) is 0 Å². The van der Waals surface area contributed by atoms with E-state index in [1.807, 2.05) is 31.2 Å². The number of nitrogens with one attached hydrogen (secondary N) is 1. The lowest BCUT2D eigenvalue weighted by atomic mass is 10.2. The number of nitrogens with zero attached hydrogens (tertiary/aromatic N) is 2. The predicted molar refractivity (Wildman–Crippen MR) is 102 cm³/mol. The molecule has 0 atom stereocenters. The van der Waals surface area contributed by atoms with Crippen LogP contribution in [0.25, 0.3) is 5.69 Å². The average Bonchev–Trinajstić information content (AvgIpc) is 3.00. The molecule has 0 aliphatic rings. The van der Waals surface area contributed by atoms with Crippen molar-refractivity contribution in [3.8, 4) is 5.69 Å². The Kier molecular flexibility index (Phi) is 5.33. The third kappa shape index (κ3) is 3.98. The predicted octanol–water partition coefficient (Wildman–Crippen LogP) is 5.65. The van der Waals surface area contributed by atoms with Gasteiger partial charge < -0.3 is 5.32 Å². The second kappa shape index (κ2) is 7.48. The summed E-state index contributed by atoms with van der Waals surface area (Å²) in [5, 5.41) is 8.59. The first kappa shape index (κ1) is 17.8. The van der Waals surface area contributed by atoms with Crippen LogP contribution in [-0.4, -0.2) is 15.7 Å². The number of benzene rings is 2. The van der Waals surface area contributed by atoms with Crippen LogP contribution in [0.15, 0.2) is 48.5 Å². The van der Waals surface area contributed by atoms with Gasteiger partial charge in [0.1, 0.15) is 0 Å². The molecule has 0 unspecified atom stereocenters. The van der Waals surface area contributed by atoms with Crippen molar-refractivity contribution in [3.05, 3.63) is 74.9 Å². The van der Waals surface area contributed by atoms with E-state index in [0.29, 0.717) is 26.4 Å². The highest BCUT2D eigenvalue weighted by Gasteiger charge is 2.13. The molecule has 128 valence electrons. The van der Waals surface area contributed by atoms with E-state index in [2.05, 4.69) is 10.4 Å². The molecule has 0 saturated heterocycles. The van der Waals surface area contributed by atoms with Crippen LogP contribution in [0, 0.1) is 0 Å². The van der Waals surface area contributed by atoms with E-state index < -0.39 is 0 Å². The number of carbonyl (C=O) groups is 1. The number of anilines is 1. The summed E-state index contributed by atoms with van der Waals surface area (Å²) in [6, 6.07) is 13.9. The van der Waals surface area contributed by atoms with Crippen LogP contribution in [0.1, 0.15) is 23.0 Å². The second-order valence-electron chi connectivity index (χ2n) is 5.35. The van der Waals surface area contributed by atoms with E-state index in [9.17, 15) is 4.79 Å². The van der Waals surface area contributed by atoms with Gasteiger partial charge >= 0.3 is 0 Å². The molecular formula is C18H14Cl3N3O. The van der Waals surface area contributed by atoms with E-state index in [-0.39, 0.29) is 5.91 Å². The van der Waals surface area contributed by atoms with Gasteiger partial charge in [0.2, 0.25) is 0 Å². The third-order valence-corrected chi connectivity index (χ3v) is 4.60. The molecule has 0 fully saturated rings. The minimum absolute atomic E-state index is 0.308. The van der Waals surface area contributed by atoms with E-state index in [1.165, 1.54) is 6.07 Å². The molecule has 0 radical (unpaired) electrons. The molecule has 0 bridgehead atoms. The Morgan fingerprint density at radius 3 is 2.56 bits per heavy atom. The molecule has 4 nitrogen and oxygen atoms in total. The van der Waals surface area contributed by atoms with Gasteiger partial charge in [-0.2, -0.15) is 0 Å². The summed E-state index contributed by atoms with van der Waals surface area (Å²) in [7, 11) is 0. The third-order valence-electron chi connectivity index (χ3n) is 3.62. The molecule has 7 heteroatoms. The smallest absolute Gasteiger partial charge is 0.256 e. The number of hydrogen-bond donors (Lipinski definition) is 1. The van der Waals surface area contributed by atoms with E-state index >= 15 is 0 Å². The molecule has 2 aromatic carbocycles. The normalized spacial score (nSPS) is 10.7. The molecular weight excluding hydrogens is 381 g/mol. The van der Waals surface area contributed by atoms with Crippen molar-refractivity contribution in [2.75, 3.05) is 5.32 Å². The number of carbonyl (C=O) groups excluding carboxylic acids is 1. The summed E-state index contributed by atoms with van der Waals surface area (Å²) in [5.41, 5.74) is 2.19. The first-order chi connectivity index (χ1) is 12.0. The lowest BCUT2D eigenvalue weighted by molar-refractivity contribution is 0.102. The Hall–Kier alpha value is -2.01. The molecule has 0 spiro atoms. The quantitative estimate of drug-likeness (QED) is 0.622. The Morgan fingerprint density at radius 2 is 1.88 bits per heavy atom. The zero-order chi connectivity index (χ0) is 18.0. The maximum atomic E-state index is 12.4. The first-order valence-corrected chi connectivity index (χ1v) is 8.72. The fourth-order valence-electron chi connectivity index (χ4n) is 2.39. The number of halogens is 3. The van der Waals surface area contributed by atoms with Gasteiger partial charge in [0, 0.05) is 22.3 Å². The summed E-state index contributed by atoms with van der Waals surface area (Å²) in [6.07, 6.45) is 0.752. The standard InChI is InChI=1S/C18H14Cl3N3O/c1-2-13-10-17(23-24(13)14-5-3-4-12(19)9-14)22-18(25)11-6-7-15(20)16(21)8-11/h3-10H,2H2,1H3,(H,22,23,25). The number of hydrogen-bond acceptors (Lipinski definition) is 2. The Morgan fingerprint density at radius 1 is 1.08 bits per heavy atom. The maximum Gasteiger partial charge on any atom is 0.256 e. The van der Waals surface area contributed by atoms with Crippen molar-refractivity contribution in [2.24, 2.45) is 0 Å². The monoisotopic (exact) mass is 393 g/mol. The van der Waals surface area contributed by atoms with Crippen LogP contribution in [0.2, 0.25) is 15.1 Å². The van der Waals surface area contributed by atoms with Crippen molar-refractivity contribution in [1.82, 2.24) is 9.78 Å². The van der Waals surface area contributed by atoms with Gasteiger partial charge in [-0.1, -0.05) is 47.8 Å². The van der Waals surface area contributed by atoms with Crippen LogP contribution in [-0.2, 0) is 6.42 Å². The summed E-state index contributed by atoms with van der Waals surface area (Å²) in [4.78, 5) is 12.4. The summed E-state index contributed by atoms with van der Waals surface area (Å²) < 4.78 is 1.76. The molecule has 1 aromatic heterocycles. The Labute approximate surface area is 160 Å². The maximum absolute atomic E-state index is 12.4. The number of aromatic nitrogens is 2. The molecule has 0 aliphatic heterocycles. The lowest BCUT2D eigenvalue weighted by Gasteiger charge is -2.06. The van der Waals surface area contributed by atoms with Gasteiger partial charge in [-0.25, -0.2) is 4.68 Å². The van der Waals surface area contributed by atoms with Gasteiger partial charge in [-0.15, -0.1) is 5.10 Å². The summed E-state index contributed by atoms with van der Waals surface area (Å²) in [5.74, 6) is 0.143. The average molecular weight is 395 g/mol. The highest BCUT2D eigenvalue weighted by Crippen LogP contribution is 2.24. The molecule has 3 aromatic rings. The van der Waals surface area contributed by atoms with E-state index in [0.717, 1.165) is 17.8 Å². The van der Waals surface area contributed by atoms with Crippen molar-refractivity contribution in [2.45, 2.75) is 13.3 Å². The molecule has 1 heterocycles. The van der Waals surface area contributed by atoms with Gasteiger partial charge in [-0.05, 0) is 42.8 Å². The number of amides is 1. The Bertz CT molecular complexity index is 937. The van der Waals surface area contributed by atoms with Crippen LogP contribution < -0.4 is 5.32 Å². The largest absolute Gasteiger partial charge is 0.305 e. The number of rotatable bonds is 4. The highest BCUT2D eigenvalue weighted by molar-refractivity contribution is 6.42. The fourth-order valence-corrected chi connectivity index (χ4v) is 2.87. The van der Waals surface area contributed by atoms with Crippen LogP contribution >= 0.6 is 34.8 Å². The topological polar surface area (TPSA) is 46.9 Å². The Balaban J connectivity index is 1.88. The van der Waals surface area contributed by atoms with Crippen molar-refractivity contribution in [3.63, 3.8) is 0 Å². The molecule has 1 N–H and O–H groups in total. The van der Waals surface area contributed by atoms with Gasteiger partial charge in [-0.3, -0.25) is 4.79 Å². The highest BCUT2D eigenvalue weighted by atomic mass is 35.5. The summed E-state index contributed by atoms with van der Waals surface area (Å²) >= 11 is 17.9. The minimum atomic E-state index is -0.308. The lowest BCUT2D eigenvalue weighted by Crippen LogP contribution is -2.12. The van der Waals surface area contributed by atoms with Crippen LogP contribution in [0.4, 0.5) is 5.82 Å². The van der Waals surface area contributed by atoms with Crippen LogP contribution in [0.3, 0.4) is 0 Å². The molecule has 1 amide bonds. The summed E-state index contributed by atoms with van der Waals surface area (Å²) in [6.45, 7) is 2.02. The fraction of sp³-hybridized carbons (Fsp3) is 0.111. The van der Waals surface area contributed by atoms with Gasteiger partial charge in [0.25, 0.3) is 5.91 Å². The number of aryl methyl sites for hydroxylation is 1. The van der Waals surface area contributed by atoms with Gasteiger partial charge in [0.05, 0.1) is 15.7 Å². The minimum Gasteiger partial charge on any atom is -0.305 e.